The Morgan fingerprint density at radius 2 is 1.35 bits per heavy atom. The molecular formula is C14H26NO2. The molecule has 0 fully saturated rings. The van der Waals surface area contributed by atoms with Gasteiger partial charge in [-0.05, 0) is 12.8 Å². The Balaban J connectivity index is 2.94. The number of amides is 1. The van der Waals surface area contributed by atoms with Gasteiger partial charge in [-0.2, -0.15) is 0 Å². The summed E-state index contributed by atoms with van der Waals surface area (Å²) in [6, 6.07) is 0. The van der Waals surface area contributed by atoms with Crippen molar-refractivity contribution in [2.24, 2.45) is 0 Å². The van der Waals surface area contributed by atoms with Crippen LogP contribution in [0.3, 0.4) is 0 Å². The summed E-state index contributed by atoms with van der Waals surface area (Å²) in [4.78, 5) is 20.5. The molecule has 0 atom stereocenters. The van der Waals surface area contributed by atoms with Crippen molar-refractivity contribution in [1.82, 2.24) is 5.32 Å². The second kappa shape index (κ2) is 13.2. The van der Waals surface area contributed by atoms with E-state index in [0.717, 1.165) is 25.8 Å². The fourth-order valence-corrected chi connectivity index (χ4v) is 1.82. The van der Waals surface area contributed by atoms with E-state index in [1.165, 1.54) is 38.5 Å². The zero-order chi connectivity index (χ0) is 12.8. The highest BCUT2D eigenvalue weighted by atomic mass is 16.1. The molecule has 0 aromatic carbocycles. The van der Waals surface area contributed by atoms with E-state index in [0.29, 0.717) is 6.42 Å². The van der Waals surface area contributed by atoms with Crippen LogP contribution in [0.4, 0.5) is 0 Å². The number of carbonyl (C=O) groups is 1. The van der Waals surface area contributed by atoms with Crippen LogP contribution in [0.5, 0.6) is 0 Å². The quantitative estimate of drug-likeness (QED) is 0.533. The monoisotopic (exact) mass is 240 g/mol. The Kier molecular flexibility index (Phi) is 12.5. The third kappa shape index (κ3) is 15.1. The molecule has 0 heterocycles. The van der Waals surface area contributed by atoms with E-state index in [1.807, 2.05) is 6.29 Å². The number of hydrogen-bond acceptors (Lipinski definition) is 2. The Hall–Kier alpha value is -0.860. The summed E-state index contributed by atoms with van der Waals surface area (Å²) in [5.41, 5.74) is 0. The van der Waals surface area contributed by atoms with Gasteiger partial charge in [-0.3, -0.25) is 9.59 Å². The fraction of sp³-hybridized carbons (Fsp3) is 0.857. The topological polar surface area (TPSA) is 46.2 Å². The first-order chi connectivity index (χ1) is 8.27. The largest absolute Gasteiger partial charge is 0.356 e. The van der Waals surface area contributed by atoms with E-state index in [1.54, 1.807) is 6.92 Å². The summed E-state index contributed by atoms with van der Waals surface area (Å²) >= 11 is 0. The number of nitrogens with one attached hydrogen (secondary N) is 1. The van der Waals surface area contributed by atoms with Gasteiger partial charge in [-0.25, -0.2) is 0 Å². The molecule has 0 aliphatic carbocycles. The Morgan fingerprint density at radius 3 is 1.82 bits per heavy atom. The van der Waals surface area contributed by atoms with Gasteiger partial charge in [0.05, 0.1) is 0 Å². The maximum absolute atomic E-state index is 10.6. The lowest BCUT2D eigenvalue weighted by atomic mass is 10.1. The van der Waals surface area contributed by atoms with Crippen molar-refractivity contribution in [2.75, 3.05) is 6.54 Å². The van der Waals surface area contributed by atoms with Crippen LogP contribution in [0.15, 0.2) is 0 Å². The van der Waals surface area contributed by atoms with Crippen molar-refractivity contribution >= 4 is 12.2 Å². The van der Waals surface area contributed by atoms with Crippen LogP contribution in [0.1, 0.15) is 71.1 Å². The molecule has 99 valence electrons. The number of hydrogen-bond donors (Lipinski definition) is 1. The average molecular weight is 240 g/mol. The lowest BCUT2D eigenvalue weighted by molar-refractivity contribution is -0.118. The lowest BCUT2D eigenvalue weighted by Crippen LogP contribution is -2.20. The van der Waals surface area contributed by atoms with Gasteiger partial charge in [0.2, 0.25) is 5.91 Å². The molecule has 17 heavy (non-hydrogen) atoms. The predicted molar refractivity (Wildman–Crippen MR) is 70.5 cm³/mol. The molecule has 0 aromatic rings. The third-order valence-electron chi connectivity index (χ3n) is 2.83. The van der Waals surface area contributed by atoms with E-state index in [-0.39, 0.29) is 5.91 Å². The van der Waals surface area contributed by atoms with Crippen LogP contribution in [0, 0.1) is 0 Å². The highest BCUT2D eigenvalue weighted by Crippen LogP contribution is 2.09. The summed E-state index contributed by atoms with van der Waals surface area (Å²) in [7, 11) is 0. The summed E-state index contributed by atoms with van der Waals surface area (Å²) in [6.45, 7) is 2.37. The van der Waals surface area contributed by atoms with Crippen LogP contribution >= 0.6 is 0 Å². The molecule has 0 saturated heterocycles. The smallest absolute Gasteiger partial charge is 0.216 e. The van der Waals surface area contributed by atoms with Gasteiger partial charge in [-0.1, -0.05) is 44.9 Å². The molecule has 3 heteroatoms. The van der Waals surface area contributed by atoms with Crippen molar-refractivity contribution in [3.63, 3.8) is 0 Å². The molecule has 0 aromatic heterocycles. The van der Waals surface area contributed by atoms with Crippen LogP contribution in [0.25, 0.3) is 0 Å². The summed E-state index contributed by atoms with van der Waals surface area (Å²) in [5.74, 6) is 0.0672. The van der Waals surface area contributed by atoms with E-state index in [4.69, 9.17) is 0 Å². The number of carbonyl (C=O) groups excluding carboxylic acids is 2. The summed E-state index contributed by atoms with van der Waals surface area (Å²) < 4.78 is 0. The van der Waals surface area contributed by atoms with Crippen LogP contribution in [-0.4, -0.2) is 18.7 Å². The van der Waals surface area contributed by atoms with Crippen LogP contribution in [-0.2, 0) is 9.59 Å². The molecule has 1 radical (unpaired) electrons. The maximum Gasteiger partial charge on any atom is 0.216 e. The minimum atomic E-state index is 0.0672. The van der Waals surface area contributed by atoms with Crippen LogP contribution in [0.2, 0.25) is 0 Å². The van der Waals surface area contributed by atoms with Gasteiger partial charge in [0.25, 0.3) is 0 Å². The molecule has 3 nitrogen and oxygen atoms in total. The molecular weight excluding hydrogens is 214 g/mol. The normalized spacial score (nSPS) is 10.2. The summed E-state index contributed by atoms with van der Waals surface area (Å²) in [5, 5.41) is 2.81. The van der Waals surface area contributed by atoms with Gasteiger partial charge in [0.1, 0.15) is 0 Å². The molecule has 1 N–H and O–H groups in total. The number of unbranched alkanes of at least 4 members (excludes halogenated alkanes) is 9. The van der Waals surface area contributed by atoms with Gasteiger partial charge < -0.3 is 5.32 Å². The van der Waals surface area contributed by atoms with Gasteiger partial charge in [0.15, 0.2) is 6.29 Å². The Bertz CT molecular complexity index is 193. The van der Waals surface area contributed by atoms with E-state index < -0.39 is 0 Å². The van der Waals surface area contributed by atoms with Crippen molar-refractivity contribution in [3.8, 4) is 0 Å². The lowest BCUT2D eigenvalue weighted by Gasteiger charge is -2.02. The average Bonchev–Trinajstić information content (AvgIpc) is 2.30. The van der Waals surface area contributed by atoms with Crippen molar-refractivity contribution in [1.29, 1.82) is 0 Å². The van der Waals surface area contributed by atoms with E-state index in [2.05, 4.69) is 5.32 Å². The minimum absolute atomic E-state index is 0.0672. The van der Waals surface area contributed by atoms with Gasteiger partial charge in [-0.15, -0.1) is 0 Å². The fourth-order valence-electron chi connectivity index (χ4n) is 1.82. The van der Waals surface area contributed by atoms with Gasteiger partial charge >= 0.3 is 0 Å². The van der Waals surface area contributed by atoms with Crippen LogP contribution < -0.4 is 5.32 Å². The van der Waals surface area contributed by atoms with Crippen molar-refractivity contribution < 1.29 is 9.59 Å². The molecule has 0 rings (SSSR count). The Labute approximate surface area is 105 Å². The minimum Gasteiger partial charge on any atom is -0.356 e. The summed E-state index contributed by atoms with van der Waals surface area (Å²) in [6.07, 6.45) is 13.4. The molecule has 0 spiro atoms. The molecule has 0 unspecified atom stereocenters. The standard InChI is InChI=1S/C14H26NO2/c1-14(17)15-12-10-8-6-4-2-3-5-7-9-11-13-16/h2-12H2,1H3,(H,15,17). The predicted octanol–water partition coefficient (Wildman–Crippen LogP) is 3.13. The third-order valence-corrected chi connectivity index (χ3v) is 2.83. The van der Waals surface area contributed by atoms with E-state index >= 15 is 0 Å². The Morgan fingerprint density at radius 1 is 0.882 bits per heavy atom. The van der Waals surface area contributed by atoms with Gasteiger partial charge in [0, 0.05) is 19.9 Å². The van der Waals surface area contributed by atoms with Crippen molar-refractivity contribution in [2.45, 2.75) is 71.1 Å². The maximum atomic E-state index is 10.6. The first-order valence-electron chi connectivity index (χ1n) is 6.87. The van der Waals surface area contributed by atoms with E-state index in [9.17, 15) is 9.59 Å². The molecule has 0 bridgehead atoms. The number of rotatable bonds is 12. The molecule has 0 aliphatic heterocycles. The molecule has 0 saturated carbocycles. The highest BCUT2D eigenvalue weighted by molar-refractivity contribution is 5.72. The molecule has 0 aliphatic rings. The first kappa shape index (κ1) is 16.1. The molecule has 1 amide bonds. The highest BCUT2D eigenvalue weighted by Gasteiger charge is 1.94. The second-order valence-electron chi connectivity index (χ2n) is 4.56. The van der Waals surface area contributed by atoms with Crippen molar-refractivity contribution in [3.05, 3.63) is 0 Å². The SMILES string of the molecule is CC(=O)NCCCCCCCCCCC[C]=O. The second-order valence-corrected chi connectivity index (χ2v) is 4.56. The first-order valence-corrected chi connectivity index (χ1v) is 6.87. The zero-order valence-corrected chi connectivity index (χ0v) is 11.1. The zero-order valence-electron chi connectivity index (χ0n) is 11.1.